The van der Waals surface area contributed by atoms with Crippen molar-refractivity contribution in [1.82, 2.24) is 0 Å². The Balaban J connectivity index is 1.01. The Bertz CT molecular complexity index is 2980. The standard InChI is InChI=1S/C58H41N/c1-4-14-42(15-5-1)45-32-36-53(37-33-45)59(55-25-11-24-52(41-55)57-27-13-21-49-20-12-26-56(58(49)57)48-18-8-3-9-19-48)54-38-34-46(35-39-54)44-28-30-47(31-29-44)51-23-10-22-50(40-51)43-16-6-2-7-17-43/h1-41H. The van der Waals surface area contributed by atoms with E-state index in [2.05, 4.69) is 254 Å². The van der Waals surface area contributed by atoms with Crippen molar-refractivity contribution < 1.29 is 0 Å². The van der Waals surface area contributed by atoms with Crippen molar-refractivity contribution in [2.75, 3.05) is 4.90 Å². The zero-order chi connectivity index (χ0) is 39.4. The third-order valence-corrected chi connectivity index (χ3v) is 11.3. The van der Waals surface area contributed by atoms with E-state index in [1.165, 1.54) is 77.5 Å². The van der Waals surface area contributed by atoms with Crippen molar-refractivity contribution >= 4 is 27.8 Å². The molecule has 59 heavy (non-hydrogen) atoms. The van der Waals surface area contributed by atoms with E-state index in [0.29, 0.717) is 0 Å². The number of rotatable bonds is 9. The second-order valence-electron chi connectivity index (χ2n) is 14.9. The maximum Gasteiger partial charge on any atom is 0.0467 e. The first kappa shape index (κ1) is 35.7. The van der Waals surface area contributed by atoms with Crippen molar-refractivity contribution in [1.29, 1.82) is 0 Å². The van der Waals surface area contributed by atoms with E-state index in [1.54, 1.807) is 0 Å². The predicted octanol–water partition coefficient (Wildman–Crippen LogP) is 16.3. The summed E-state index contributed by atoms with van der Waals surface area (Å²) in [5, 5.41) is 2.49. The van der Waals surface area contributed by atoms with Crippen LogP contribution in [0.1, 0.15) is 0 Å². The summed E-state index contributed by atoms with van der Waals surface area (Å²) in [6.07, 6.45) is 0. The van der Waals surface area contributed by atoms with Crippen molar-refractivity contribution in [3.05, 3.63) is 249 Å². The van der Waals surface area contributed by atoms with E-state index in [4.69, 9.17) is 0 Å². The number of fused-ring (bicyclic) bond motifs is 1. The Morgan fingerprint density at radius 2 is 0.559 bits per heavy atom. The number of hydrogen-bond acceptors (Lipinski definition) is 1. The average Bonchev–Trinajstić information content (AvgIpc) is 3.33. The minimum Gasteiger partial charge on any atom is -0.310 e. The van der Waals surface area contributed by atoms with E-state index in [9.17, 15) is 0 Å². The molecule has 0 aliphatic heterocycles. The van der Waals surface area contributed by atoms with Crippen LogP contribution in [0.15, 0.2) is 249 Å². The van der Waals surface area contributed by atoms with Crippen molar-refractivity contribution in [2.45, 2.75) is 0 Å². The highest BCUT2D eigenvalue weighted by Gasteiger charge is 2.16. The number of nitrogens with zero attached hydrogens (tertiary/aromatic N) is 1. The molecule has 0 spiro atoms. The van der Waals surface area contributed by atoms with Crippen LogP contribution in [0.5, 0.6) is 0 Å². The molecule has 0 amide bonds. The fourth-order valence-corrected chi connectivity index (χ4v) is 8.30. The SMILES string of the molecule is c1ccc(-c2ccc(N(c3ccc(-c4ccc(-c5cccc(-c6ccccc6)c5)cc4)cc3)c3cccc(-c4cccc5cccc(-c6ccccc6)c45)c3)cc2)cc1. The summed E-state index contributed by atoms with van der Waals surface area (Å²) in [5.74, 6) is 0. The summed E-state index contributed by atoms with van der Waals surface area (Å²) in [4.78, 5) is 2.37. The zero-order valence-corrected chi connectivity index (χ0v) is 32.6. The Morgan fingerprint density at radius 3 is 1.08 bits per heavy atom. The van der Waals surface area contributed by atoms with Gasteiger partial charge in [0, 0.05) is 17.1 Å². The molecule has 0 unspecified atom stereocenters. The van der Waals surface area contributed by atoms with Crippen LogP contribution in [-0.4, -0.2) is 0 Å². The Kier molecular flexibility index (Phi) is 9.68. The van der Waals surface area contributed by atoms with Crippen LogP contribution in [-0.2, 0) is 0 Å². The van der Waals surface area contributed by atoms with Gasteiger partial charge in [0.15, 0.2) is 0 Å². The molecule has 0 saturated carbocycles. The third-order valence-electron chi connectivity index (χ3n) is 11.3. The molecule has 0 radical (unpaired) electrons. The molecular weight excluding hydrogens is 711 g/mol. The van der Waals surface area contributed by atoms with E-state index in [1.807, 2.05) is 0 Å². The molecule has 1 heteroatoms. The van der Waals surface area contributed by atoms with Crippen LogP contribution in [0, 0.1) is 0 Å². The summed E-state index contributed by atoms with van der Waals surface area (Å²) in [6, 6.07) is 89.7. The van der Waals surface area contributed by atoms with Gasteiger partial charge in [0.05, 0.1) is 0 Å². The lowest BCUT2D eigenvalue weighted by Crippen LogP contribution is -2.10. The van der Waals surface area contributed by atoms with Crippen molar-refractivity contribution in [3.63, 3.8) is 0 Å². The molecule has 10 rings (SSSR count). The van der Waals surface area contributed by atoms with Gasteiger partial charge in [0.25, 0.3) is 0 Å². The fourth-order valence-electron chi connectivity index (χ4n) is 8.30. The highest BCUT2D eigenvalue weighted by atomic mass is 15.1. The topological polar surface area (TPSA) is 3.24 Å². The largest absolute Gasteiger partial charge is 0.310 e. The number of anilines is 3. The van der Waals surface area contributed by atoms with Gasteiger partial charge >= 0.3 is 0 Å². The van der Waals surface area contributed by atoms with Crippen molar-refractivity contribution in [3.8, 4) is 66.8 Å². The predicted molar refractivity (Wildman–Crippen MR) is 251 cm³/mol. The molecule has 0 aliphatic rings. The molecule has 278 valence electrons. The molecule has 1 nitrogen and oxygen atoms in total. The molecular formula is C58H41N. The smallest absolute Gasteiger partial charge is 0.0467 e. The van der Waals surface area contributed by atoms with Crippen LogP contribution in [0.4, 0.5) is 17.1 Å². The van der Waals surface area contributed by atoms with Gasteiger partial charge in [-0.1, -0.05) is 206 Å². The molecule has 0 N–H and O–H groups in total. The van der Waals surface area contributed by atoms with Crippen LogP contribution in [0.25, 0.3) is 77.5 Å². The molecule has 0 saturated heterocycles. The van der Waals surface area contributed by atoms with E-state index in [0.717, 1.165) is 17.1 Å². The molecule has 0 aliphatic carbocycles. The second kappa shape index (κ2) is 16.0. The highest BCUT2D eigenvalue weighted by molar-refractivity contribution is 6.06. The van der Waals surface area contributed by atoms with Gasteiger partial charge in [-0.05, 0) is 120 Å². The number of hydrogen-bond donors (Lipinski definition) is 0. The van der Waals surface area contributed by atoms with E-state index < -0.39 is 0 Å². The van der Waals surface area contributed by atoms with Crippen LogP contribution >= 0.6 is 0 Å². The van der Waals surface area contributed by atoms with Gasteiger partial charge in [0.2, 0.25) is 0 Å². The average molecular weight is 752 g/mol. The Morgan fingerprint density at radius 1 is 0.203 bits per heavy atom. The molecule has 0 bridgehead atoms. The molecule has 0 aromatic heterocycles. The van der Waals surface area contributed by atoms with E-state index >= 15 is 0 Å². The van der Waals surface area contributed by atoms with Gasteiger partial charge in [0.1, 0.15) is 0 Å². The highest BCUT2D eigenvalue weighted by Crippen LogP contribution is 2.41. The summed E-state index contributed by atoms with van der Waals surface area (Å²) in [5.41, 5.74) is 17.8. The monoisotopic (exact) mass is 751 g/mol. The maximum atomic E-state index is 2.37. The van der Waals surface area contributed by atoms with Gasteiger partial charge in [-0.25, -0.2) is 0 Å². The normalized spacial score (nSPS) is 11.1. The van der Waals surface area contributed by atoms with Crippen LogP contribution < -0.4 is 4.90 Å². The minimum atomic E-state index is 1.09. The molecule has 0 heterocycles. The summed E-state index contributed by atoms with van der Waals surface area (Å²) in [7, 11) is 0. The molecule has 10 aromatic rings. The lowest BCUT2D eigenvalue weighted by atomic mass is 9.91. The first-order valence-corrected chi connectivity index (χ1v) is 20.2. The lowest BCUT2D eigenvalue weighted by molar-refractivity contribution is 1.28. The van der Waals surface area contributed by atoms with Gasteiger partial charge in [-0.2, -0.15) is 0 Å². The second-order valence-corrected chi connectivity index (χ2v) is 14.9. The fraction of sp³-hybridized carbons (Fsp3) is 0. The lowest BCUT2D eigenvalue weighted by Gasteiger charge is -2.26. The molecule has 0 fully saturated rings. The molecule has 0 atom stereocenters. The minimum absolute atomic E-state index is 1.09. The number of benzene rings is 10. The summed E-state index contributed by atoms with van der Waals surface area (Å²) < 4.78 is 0. The summed E-state index contributed by atoms with van der Waals surface area (Å²) in [6.45, 7) is 0. The molecule has 10 aromatic carbocycles. The Labute approximate surface area is 346 Å². The van der Waals surface area contributed by atoms with Crippen LogP contribution in [0.3, 0.4) is 0 Å². The van der Waals surface area contributed by atoms with Crippen LogP contribution in [0.2, 0.25) is 0 Å². The van der Waals surface area contributed by atoms with Gasteiger partial charge < -0.3 is 4.90 Å². The first-order chi connectivity index (χ1) is 29.2. The first-order valence-electron chi connectivity index (χ1n) is 20.2. The third kappa shape index (κ3) is 7.34. The van der Waals surface area contributed by atoms with Gasteiger partial charge in [-0.15, -0.1) is 0 Å². The van der Waals surface area contributed by atoms with Gasteiger partial charge in [-0.3, -0.25) is 0 Å². The van der Waals surface area contributed by atoms with Crippen molar-refractivity contribution in [2.24, 2.45) is 0 Å². The summed E-state index contributed by atoms with van der Waals surface area (Å²) >= 11 is 0. The zero-order valence-electron chi connectivity index (χ0n) is 32.6. The van der Waals surface area contributed by atoms with E-state index in [-0.39, 0.29) is 0 Å². The quantitative estimate of drug-likeness (QED) is 0.142. The maximum absolute atomic E-state index is 2.37. The Hall–Kier alpha value is -7.74.